The Labute approximate surface area is 99.4 Å². The number of halogens is 1. The second-order valence-corrected chi connectivity index (χ2v) is 4.64. The average Bonchev–Trinajstić information content (AvgIpc) is 2.16. The normalized spacial score (nSPS) is 11.2. The van der Waals surface area contributed by atoms with Gasteiger partial charge in [0.05, 0.1) is 5.56 Å². The molecule has 1 amide bonds. The molecule has 0 saturated carbocycles. The van der Waals surface area contributed by atoms with Crippen molar-refractivity contribution in [1.82, 2.24) is 5.32 Å². The molecule has 0 radical (unpaired) electrons. The van der Waals surface area contributed by atoms with Crippen LogP contribution in [-0.2, 0) is 0 Å². The van der Waals surface area contributed by atoms with Gasteiger partial charge in [0, 0.05) is 17.1 Å². The molecule has 1 aromatic rings. The van der Waals surface area contributed by atoms with E-state index in [1.54, 1.807) is 19.9 Å². The Morgan fingerprint density at radius 1 is 1.56 bits per heavy atom. The summed E-state index contributed by atoms with van der Waals surface area (Å²) in [4.78, 5) is 11.8. The number of aromatic hydroxyl groups is 1. The van der Waals surface area contributed by atoms with Crippen LogP contribution in [0.4, 0.5) is 0 Å². The number of phenolic OH excluding ortho intramolecular Hbond substituents is 1. The predicted octanol–water partition coefficient (Wildman–Crippen LogP) is 1.51. The fourth-order valence-corrected chi connectivity index (χ4v) is 1.29. The zero-order valence-electron chi connectivity index (χ0n) is 9.25. The van der Waals surface area contributed by atoms with Crippen LogP contribution in [0.15, 0.2) is 18.2 Å². The Kier molecular flexibility index (Phi) is 3.78. The fraction of sp³-hybridized carbons (Fsp3) is 0.364. The summed E-state index contributed by atoms with van der Waals surface area (Å²) in [5, 5.41) is 12.7. The van der Waals surface area contributed by atoms with Gasteiger partial charge in [0.25, 0.3) is 5.91 Å². The second kappa shape index (κ2) is 4.72. The largest absolute Gasteiger partial charge is 0.507 e. The minimum Gasteiger partial charge on any atom is -0.507 e. The molecule has 5 heteroatoms. The smallest absolute Gasteiger partial charge is 0.255 e. The summed E-state index contributed by atoms with van der Waals surface area (Å²) in [6, 6.07) is 4.34. The summed E-state index contributed by atoms with van der Waals surface area (Å²) < 4.78 is 0. The van der Waals surface area contributed by atoms with E-state index in [4.69, 9.17) is 17.3 Å². The van der Waals surface area contributed by atoms with Gasteiger partial charge in [-0.2, -0.15) is 0 Å². The van der Waals surface area contributed by atoms with Crippen molar-refractivity contribution in [2.75, 3.05) is 6.54 Å². The number of phenols is 1. The fourth-order valence-electron chi connectivity index (χ4n) is 1.12. The van der Waals surface area contributed by atoms with Crippen LogP contribution in [-0.4, -0.2) is 23.1 Å². The molecule has 0 atom stereocenters. The molecule has 4 nitrogen and oxygen atoms in total. The maximum Gasteiger partial charge on any atom is 0.255 e. The number of carbonyl (C=O) groups is 1. The number of carbonyl (C=O) groups excluding carboxylic acids is 1. The average molecular weight is 243 g/mol. The van der Waals surface area contributed by atoms with Crippen molar-refractivity contribution in [2.24, 2.45) is 5.73 Å². The first-order chi connectivity index (χ1) is 7.35. The summed E-state index contributed by atoms with van der Waals surface area (Å²) in [6.07, 6.45) is 0. The lowest BCUT2D eigenvalue weighted by Gasteiger charge is -2.24. The van der Waals surface area contributed by atoms with Crippen LogP contribution in [0.25, 0.3) is 0 Å². The molecule has 1 rings (SSSR count). The molecule has 1 aromatic carbocycles. The van der Waals surface area contributed by atoms with Gasteiger partial charge < -0.3 is 16.2 Å². The van der Waals surface area contributed by atoms with E-state index in [0.717, 1.165) is 0 Å². The van der Waals surface area contributed by atoms with Crippen LogP contribution in [0.1, 0.15) is 24.2 Å². The van der Waals surface area contributed by atoms with Crippen LogP contribution in [0.3, 0.4) is 0 Å². The predicted molar refractivity (Wildman–Crippen MR) is 63.7 cm³/mol. The number of nitrogens with one attached hydrogen (secondary N) is 1. The van der Waals surface area contributed by atoms with E-state index in [1.165, 1.54) is 12.1 Å². The van der Waals surface area contributed by atoms with Crippen LogP contribution < -0.4 is 11.1 Å². The van der Waals surface area contributed by atoms with Crippen LogP contribution in [0.2, 0.25) is 5.02 Å². The lowest BCUT2D eigenvalue weighted by Crippen LogP contribution is -2.48. The molecule has 0 unspecified atom stereocenters. The molecule has 0 aliphatic rings. The summed E-state index contributed by atoms with van der Waals surface area (Å²) in [5.74, 6) is -0.512. The van der Waals surface area contributed by atoms with Crippen molar-refractivity contribution in [3.63, 3.8) is 0 Å². The van der Waals surface area contributed by atoms with Gasteiger partial charge in [-0.25, -0.2) is 0 Å². The Morgan fingerprint density at radius 3 is 2.69 bits per heavy atom. The number of hydrogen-bond acceptors (Lipinski definition) is 3. The minimum absolute atomic E-state index is 0.141. The summed E-state index contributed by atoms with van der Waals surface area (Å²) in [7, 11) is 0. The van der Waals surface area contributed by atoms with Gasteiger partial charge in [0.15, 0.2) is 0 Å². The monoisotopic (exact) mass is 242 g/mol. The molecule has 0 fully saturated rings. The number of amides is 1. The molecule has 88 valence electrons. The highest BCUT2D eigenvalue weighted by Gasteiger charge is 2.20. The van der Waals surface area contributed by atoms with Crippen molar-refractivity contribution >= 4 is 17.5 Å². The van der Waals surface area contributed by atoms with E-state index < -0.39 is 5.54 Å². The Bertz CT molecular complexity index is 405. The molecule has 16 heavy (non-hydrogen) atoms. The zero-order valence-corrected chi connectivity index (χ0v) is 10.0. The van der Waals surface area contributed by atoms with E-state index in [0.29, 0.717) is 11.6 Å². The number of hydrogen-bond donors (Lipinski definition) is 3. The molecule has 0 spiro atoms. The van der Waals surface area contributed by atoms with Crippen LogP contribution in [0.5, 0.6) is 5.75 Å². The van der Waals surface area contributed by atoms with E-state index in [-0.39, 0.29) is 17.2 Å². The first-order valence-corrected chi connectivity index (χ1v) is 5.24. The summed E-state index contributed by atoms with van der Waals surface area (Å²) in [5.41, 5.74) is 5.17. The first kappa shape index (κ1) is 12.8. The topological polar surface area (TPSA) is 75.3 Å². The molecule has 0 aliphatic heterocycles. The van der Waals surface area contributed by atoms with E-state index in [2.05, 4.69) is 5.32 Å². The molecule has 0 aromatic heterocycles. The Morgan fingerprint density at radius 2 is 2.19 bits per heavy atom. The highest BCUT2D eigenvalue weighted by molar-refractivity contribution is 6.30. The number of benzene rings is 1. The minimum atomic E-state index is -0.511. The second-order valence-electron chi connectivity index (χ2n) is 4.20. The molecule has 0 bridgehead atoms. The SMILES string of the molecule is CC(C)(CN)NC(=O)c1ccc(Cl)cc1O. The molecular weight excluding hydrogens is 228 g/mol. The van der Waals surface area contributed by atoms with Gasteiger partial charge in [-0.3, -0.25) is 4.79 Å². The third kappa shape index (κ3) is 3.12. The third-order valence-electron chi connectivity index (χ3n) is 2.17. The molecule has 4 N–H and O–H groups in total. The first-order valence-electron chi connectivity index (χ1n) is 4.87. The van der Waals surface area contributed by atoms with Gasteiger partial charge in [-0.1, -0.05) is 11.6 Å². The Hall–Kier alpha value is -1.26. The summed E-state index contributed by atoms with van der Waals surface area (Å²) in [6.45, 7) is 3.92. The molecule has 0 heterocycles. The van der Waals surface area contributed by atoms with Crippen molar-refractivity contribution in [3.05, 3.63) is 28.8 Å². The Balaban J connectivity index is 2.89. The quantitative estimate of drug-likeness (QED) is 0.752. The van der Waals surface area contributed by atoms with Crippen LogP contribution in [0, 0.1) is 0 Å². The zero-order chi connectivity index (χ0) is 12.3. The van der Waals surface area contributed by atoms with E-state index in [1.807, 2.05) is 0 Å². The molecule has 0 saturated heterocycles. The number of rotatable bonds is 3. The van der Waals surface area contributed by atoms with Crippen molar-refractivity contribution in [3.8, 4) is 5.75 Å². The summed E-state index contributed by atoms with van der Waals surface area (Å²) >= 11 is 5.67. The highest BCUT2D eigenvalue weighted by atomic mass is 35.5. The van der Waals surface area contributed by atoms with Gasteiger partial charge >= 0.3 is 0 Å². The van der Waals surface area contributed by atoms with Gasteiger partial charge in [-0.05, 0) is 32.0 Å². The van der Waals surface area contributed by atoms with Gasteiger partial charge in [-0.15, -0.1) is 0 Å². The van der Waals surface area contributed by atoms with Gasteiger partial charge in [0.2, 0.25) is 0 Å². The third-order valence-corrected chi connectivity index (χ3v) is 2.40. The maximum atomic E-state index is 11.8. The lowest BCUT2D eigenvalue weighted by atomic mass is 10.0. The van der Waals surface area contributed by atoms with Gasteiger partial charge in [0.1, 0.15) is 5.75 Å². The van der Waals surface area contributed by atoms with Crippen LogP contribution >= 0.6 is 11.6 Å². The standard InChI is InChI=1S/C11H15ClN2O2/c1-11(2,6-13)14-10(16)8-4-3-7(12)5-9(8)15/h3-5,15H,6,13H2,1-2H3,(H,14,16). The van der Waals surface area contributed by atoms with E-state index in [9.17, 15) is 9.90 Å². The lowest BCUT2D eigenvalue weighted by molar-refractivity contribution is 0.0913. The number of nitrogens with two attached hydrogens (primary N) is 1. The molecule has 0 aliphatic carbocycles. The van der Waals surface area contributed by atoms with Crippen molar-refractivity contribution in [1.29, 1.82) is 0 Å². The van der Waals surface area contributed by atoms with E-state index >= 15 is 0 Å². The highest BCUT2D eigenvalue weighted by Crippen LogP contribution is 2.22. The molecular formula is C11H15ClN2O2. The van der Waals surface area contributed by atoms with Crippen molar-refractivity contribution in [2.45, 2.75) is 19.4 Å². The van der Waals surface area contributed by atoms with Crippen molar-refractivity contribution < 1.29 is 9.90 Å². The maximum absolute atomic E-state index is 11.8.